The zero-order chi connectivity index (χ0) is 13.0. The van der Waals surface area contributed by atoms with E-state index in [1.54, 1.807) is 0 Å². The normalized spacial score (nSPS) is 18.8. The molecule has 0 bridgehead atoms. The molecule has 3 nitrogen and oxygen atoms in total. The second kappa shape index (κ2) is 6.22. The Hall–Kier alpha value is -1.04. The Labute approximate surface area is 105 Å². The van der Waals surface area contributed by atoms with Crippen LogP contribution in [-0.4, -0.2) is 13.2 Å². The Bertz CT molecular complexity index is 395. The highest BCUT2D eigenvalue weighted by Crippen LogP contribution is 2.28. The number of ether oxygens (including phenoxy) is 1. The summed E-state index contributed by atoms with van der Waals surface area (Å²) in [4.78, 5) is 0. The van der Waals surface area contributed by atoms with Crippen molar-refractivity contribution >= 4 is 0 Å². The molecule has 0 aromatic heterocycles. The van der Waals surface area contributed by atoms with Crippen LogP contribution in [0.2, 0.25) is 0 Å². The van der Waals surface area contributed by atoms with Gasteiger partial charge in [0.25, 0.3) is 0 Å². The molecule has 3 N–H and O–H groups in total. The zero-order valence-corrected chi connectivity index (χ0v) is 10.2. The van der Waals surface area contributed by atoms with Gasteiger partial charge in [-0.15, -0.1) is 0 Å². The molecule has 1 atom stereocenters. The molecule has 1 aromatic rings. The number of hydrazine groups is 1. The van der Waals surface area contributed by atoms with Crippen molar-refractivity contribution in [2.45, 2.75) is 25.3 Å². The van der Waals surface area contributed by atoms with Crippen molar-refractivity contribution in [3.63, 3.8) is 0 Å². The van der Waals surface area contributed by atoms with Crippen molar-refractivity contribution in [3.05, 3.63) is 35.4 Å². The molecule has 1 fully saturated rings. The Morgan fingerprint density at radius 1 is 1.33 bits per heavy atom. The van der Waals surface area contributed by atoms with Gasteiger partial charge in [0, 0.05) is 30.9 Å². The van der Waals surface area contributed by atoms with Crippen LogP contribution in [0.5, 0.6) is 0 Å². The second-order valence-corrected chi connectivity index (χ2v) is 4.68. The van der Waals surface area contributed by atoms with Gasteiger partial charge in [-0.05, 0) is 31.2 Å². The fourth-order valence-corrected chi connectivity index (χ4v) is 2.38. The maximum atomic E-state index is 13.7. The molecule has 5 heteroatoms. The van der Waals surface area contributed by atoms with Gasteiger partial charge in [0.1, 0.15) is 11.6 Å². The maximum Gasteiger partial charge on any atom is 0.130 e. The first-order valence-electron chi connectivity index (χ1n) is 6.19. The van der Waals surface area contributed by atoms with E-state index >= 15 is 0 Å². The van der Waals surface area contributed by atoms with Crippen molar-refractivity contribution in [1.29, 1.82) is 0 Å². The average molecular weight is 256 g/mol. The molecular formula is C13H18F2N2O. The summed E-state index contributed by atoms with van der Waals surface area (Å²) in [7, 11) is 0. The smallest absolute Gasteiger partial charge is 0.130 e. The highest BCUT2D eigenvalue weighted by molar-refractivity contribution is 5.22. The summed E-state index contributed by atoms with van der Waals surface area (Å²) in [5, 5.41) is 0. The molecular weight excluding hydrogens is 238 g/mol. The van der Waals surface area contributed by atoms with E-state index in [1.165, 1.54) is 12.1 Å². The third kappa shape index (κ3) is 3.25. The summed E-state index contributed by atoms with van der Waals surface area (Å²) < 4.78 is 31.8. The minimum absolute atomic E-state index is 0.284. The van der Waals surface area contributed by atoms with Gasteiger partial charge in [0.05, 0.1) is 0 Å². The van der Waals surface area contributed by atoms with Crippen LogP contribution in [0.4, 0.5) is 8.78 Å². The number of nitrogens with two attached hydrogens (primary N) is 1. The monoisotopic (exact) mass is 256 g/mol. The second-order valence-electron chi connectivity index (χ2n) is 4.68. The van der Waals surface area contributed by atoms with E-state index in [0.717, 1.165) is 38.5 Å². The van der Waals surface area contributed by atoms with Gasteiger partial charge in [-0.25, -0.2) is 8.78 Å². The molecule has 1 heterocycles. The summed E-state index contributed by atoms with van der Waals surface area (Å²) >= 11 is 0. The quantitative estimate of drug-likeness (QED) is 0.642. The van der Waals surface area contributed by atoms with Gasteiger partial charge < -0.3 is 4.74 Å². The van der Waals surface area contributed by atoms with Crippen molar-refractivity contribution in [2.75, 3.05) is 13.2 Å². The van der Waals surface area contributed by atoms with Crippen molar-refractivity contribution in [1.82, 2.24) is 5.43 Å². The fourth-order valence-electron chi connectivity index (χ4n) is 2.38. The third-order valence-electron chi connectivity index (χ3n) is 3.45. The summed E-state index contributed by atoms with van der Waals surface area (Å²) in [6, 6.07) is 3.32. The summed E-state index contributed by atoms with van der Waals surface area (Å²) in [6.45, 7) is 1.49. The van der Waals surface area contributed by atoms with E-state index < -0.39 is 11.6 Å². The third-order valence-corrected chi connectivity index (χ3v) is 3.45. The predicted octanol–water partition coefficient (Wildman–Crippen LogP) is 2.29. The van der Waals surface area contributed by atoms with E-state index in [9.17, 15) is 8.78 Å². The lowest BCUT2D eigenvalue weighted by Gasteiger charge is -2.26. The lowest BCUT2D eigenvalue weighted by atomic mass is 9.89. The molecule has 1 aromatic carbocycles. The lowest BCUT2D eigenvalue weighted by molar-refractivity contribution is 0.0604. The molecule has 0 radical (unpaired) electrons. The summed E-state index contributed by atoms with van der Waals surface area (Å²) in [5.41, 5.74) is 3.04. The van der Waals surface area contributed by atoms with E-state index in [0.29, 0.717) is 11.5 Å². The number of hydrogen-bond acceptors (Lipinski definition) is 3. The van der Waals surface area contributed by atoms with Gasteiger partial charge in [0.15, 0.2) is 0 Å². The first kappa shape index (κ1) is 13.4. The average Bonchev–Trinajstić information content (AvgIpc) is 2.38. The first-order chi connectivity index (χ1) is 8.70. The highest BCUT2D eigenvalue weighted by atomic mass is 19.1. The number of rotatable bonds is 4. The van der Waals surface area contributed by atoms with Crippen LogP contribution in [0.15, 0.2) is 18.2 Å². The number of benzene rings is 1. The zero-order valence-electron chi connectivity index (χ0n) is 10.2. The maximum absolute atomic E-state index is 13.7. The van der Waals surface area contributed by atoms with Crippen LogP contribution in [0.1, 0.15) is 30.9 Å². The standard InChI is InChI=1S/C13H18F2N2O/c14-10-1-2-11(12(15)8-10)13(17-16)7-9-3-5-18-6-4-9/h1-2,8-9,13,17H,3-7,16H2. The minimum Gasteiger partial charge on any atom is -0.381 e. The van der Waals surface area contributed by atoms with Crippen molar-refractivity contribution in [2.24, 2.45) is 11.8 Å². The molecule has 1 unspecified atom stereocenters. The Kier molecular flexibility index (Phi) is 4.63. The molecule has 0 amide bonds. The van der Waals surface area contributed by atoms with Crippen LogP contribution in [-0.2, 0) is 4.74 Å². The highest BCUT2D eigenvalue weighted by Gasteiger charge is 2.22. The van der Waals surface area contributed by atoms with Crippen LogP contribution >= 0.6 is 0 Å². The number of hydrogen-bond donors (Lipinski definition) is 2. The molecule has 0 aliphatic carbocycles. The van der Waals surface area contributed by atoms with Crippen LogP contribution < -0.4 is 11.3 Å². The topological polar surface area (TPSA) is 47.3 Å². The largest absolute Gasteiger partial charge is 0.381 e. The summed E-state index contributed by atoms with van der Waals surface area (Å²) in [5.74, 6) is 4.83. The van der Waals surface area contributed by atoms with Crippen LogP contribution in [0, 0.1) is 17.6 Å². The lowest BCUT2D eigenvalue weighted by Crippen LogP contribution is -2.31. The van der Waals surface area contributed by atoms with Gasteiger partial charge in [-0.2, -0.15) is 0 Å². The van der Waals surface area contributed by atoms with Crippen LogP contribution in [0.25, 0.3) is 0 Å². The molecule has 0 spiro atoms. The Morgan fingerprint density at radius 3 is 2.67 bits per heavy atom. The molecule has 0 saturated carbocycles. The minimum atomic E-state index is -0.571. The van der Waals surface area contributed by atoms with E-state index in [-0.39, 0.29) is 6.04 Å². The number of halogens is 2. The van der Waals surface area contributed by atoms with Crippen LogP contribution in [0.3, 0.4) is 0 Å². The van der Waals surface area contributed by atoms with Crippen molar-refractivity contribution < 1.29 is 13.5 Å². The van der Waals surface area contributed by atoms with Crippen molar-refractivity contribution in [3.8, 4) is 0 Å². The molecule has 1 saturated heterocycles. The van der Waals surface area contributed by atoms with Gasteiger partial charge in [-0.1, -0.05) is 6.07 Å². The van der Waals surface area contributed by atoms with E-state index in [2.05, 4.69) is 5.43 Å². The van der Waals surface area contributed by atoms with Gasteiger partial charge in [-0.3, -0.25) is 11.3 Å². The molecule has 1 aliphatic heterocycles. The number of nitrogens with one attached hydrogen (secondary N) is 1. The Morgan fingerprint density at radius 2 is 2.06 bits per heavy atom. The molecule has 18 heavy (non-hydrogen) atoms. The fraction of sp³-hybridized carbons (Fsp3) is 0.538. The van der Waals surface area contributed by atoms with Gasteiger partial charge >= 0.3 is 0 Å². The summed E-state index contributed by atoms with van der Waals surface area (Å²) in [6.07, 6.45) is 2.66. The van der Waals surface area contributed by atoms with E-state index in [4.69, 9.17) is 10.6 Å². The van der Waals surface area contributed by atoms with Gasteiger partial charge in [0.2, 0.25) is 0 Å². The first-order valence-corrected chi connectivity index (χ1v) is 6.19. The molecule has 100 valence electrons. The Balaban J connectivity index is 2.07. The van der Waals surface area contributed by atoms with E-state index in [1.807, 2.05) is 0 Å². The SMILES string of the molecule is NNC(CC1CCOCC1)c1ccc(F)cc1F. The molecule has 2 rings (SSSR count). The predicted molar refractivity (Wildman–Crippen MR) is 64.6 cm³/mol. The molecule has 1 aliphatic rings.